The molecular formula is C16H25ClN4O2S. The minimum absolute atomic E-state index is 0.267. The van der Waals surface area contributed by atoms with Crippen LogP contribution in [-0.4, -0.2) is 72.0 Å². The second kappa shape index (κ2) is 7.47. The molecule has 2 aromatic heterocycles. The average Bonchev–Trinajstić information content (AvgIpc) is 2.93. The molecule has 1 saturated heterocycles. The molecule has 0 bridgehead atoms. The van der Waals surface area contributed by atoms with E-state index in [1.165, 1.54) is 0 Å². The number of fused-ring (bicyclic) bond motifs is 1. The van der Waals surface area contributed by atoms with Gasteiger partial charge in [-0.25, -0.2) is 10.0 Å². The largest absolute Gasteiger partial charge is 0.378 e. The molecule has 8 heteroatoms. The molecule has 0 atom stereocenters. The van der Waals surface area contributed by atoms with E-state index < -0.39 is 10.0 Å². The molecule has 0 saturated carbocycles. The summed E-state index contributed by atoms with van der Waals surface area (Å²) in [5, 5.41) is 1.27. The Kier molecular flexibility index (Phi) is 5.54. The highest BCUT2D eigenvalue weighted by atomic mass is 35.5. The first kappa shape index (κ1) is 17.8. The molecule has 134 valence electrons. The predicted octanol–water partition coefficient (Wildman–Crippen LogP) is 2.59. The van der Waals surface area contributed by atoms with Crippen molar-refractivity contribution < 1.29 is 9.47 Å². The van der Waals surface area contributed by atoms with Crippen molar-refractivity contribution in [1.82, 2.24) is 14.5 Å². The van der Waals surface area contributed by atoms with Crippen LogP contribution in [0.5, 0.6) is 0 Å². The van der Waals surface area contributed by atoms with Crippen molar-refractivity contribution in [2.75, 3.05) is 62.3 Å². The van der Waals surface area contributed by atoms with Gasteiger partial charge < -0.3 is 18.9 Å². The molecule has 3 rings (SSSR count). The third kappa shape index (κ3) is 4.33. The fourth-order valence-corrected chi connectivity index (χ4v) is 3.39. The van der Waals surface area contributed by atoms with Crippen LogP contribution in [0.2, 0.25) is 5.28 Å². The van der Waals surface area contributed by atoms with Crippen LogP contribution in [0.1, 0.15) is 0 Å². The second-order valence-electron chi connectivity index (χ2n) is 6.77. The summed E-state index contributed by atoms with van der Waals surface area (Å²) in [4.78, 5) is 11.0. The minimum atomic E-state index is -0.535. The van der Waals surface area contributed by atoms with Gasteiger partial charge in [0.15, 0.2) is 0 Å². The van der Waals surface area contributed by atoms with Crippen molar-refractivity contribution in [2.24, 2.45) is 0 Å². The number of hydrogen-bond donors (Lipinski definition) is 0. The van der Waals surface area contributed by atoms with Crippen molar-refractivity contribution in [2.45, 2.75) is 6.73 Å². The van der Waals surface area contributed by atoms with Crippen LogP contribution in [0.15, 0.2) is 12.3 Å². The molecule has 0 aliphatic carbocycles. The van der Waals surface area contributed by atoms with Crippen LogP contribution < -0.4 is 4.90 Å². The maximum Gasteiger partial charge on any atom is 0.226 e. The Labute approximate surface area is 149 Å². The Bertz CT molecular complexity index is 695. The summed E-state index contributed by atoms with van der Waals surface area (Å²) in [6.45, 7) is 4.30. The average molecular weight is 373 g/mol. The number of halogens is 1. The van der Waals surface area contributed by atoms with E-state index in [-0.39, 0.29) is 5.28 Å². The van der Waals surface area contributed by atoms with Gasteiger partial charge >= 0.3 is 0 Å². The molecule has 1 aliphatic rings. The summed E-state index contributed by atoms with van der Waals surface area (Å²) >= 11 is 6.16. The van der Waals surface area contributed by atoms with Gasteiger partial charge in [0.05, 0.1) is 25.2 Å². The first-order valence-corrected chi connectivity index (χ1v) is 11.4. The van der Waals surface area contributed by atoms with Crippen LogP contribution >= 0.6 is 21.6 Å². The van der Waals surface area contributed by atoms with Gasteiger partial charge in [-0.05, 0) is 36.4 Å². The van der Waals surface area contributed by atoms with Gasteiger partial charge in [-0.15, -0.1) is 0 Å². The first-order chi connectivity index (χ1) is 11.4. The third-order valence-electron chi connectivity index (χ3n) is 3.95. The monoisotopic (exact) mass is 372 g/mol. The second-order valence-corrected chi connectivity index (χ2v) is 11.7. The summed E-state index contributed by atoms with van der Waals surface area (Å²) in [5.74, 6) is 1.98. The lowest BCUT2D eigenvalue weighted by Gasteiger charge is -2.28. The lowest BCUT2D eigenvalue weighted by Crippen LogP contribution is -2.37. The molecule has 1 fully saturated rings. The van der Waals surface area contributed by atoms with Crippen LogP contribution in [0.4, 0.5) is 5.82 Å². The van der Waals surface area contributed by atoms with Gasteiger partial charge in [0.1, 0.15) is 18.2 Å². The van der Waals surface area contributed by atoms with Crippen molar-refractivity contribution in [3.05, 3.63) is 17.5 Å². The molecule has 1 aliphatic heterocycles. The van der Waals surface area contributed by atoms with Gasteiger partial charge in [0.25, 0.3) is 0 Å². The Balaban J connectivity index is 1.77. The summed E-state index contributed by atoms with van der Waals surface area (Å²) in [7, 11) is -0.535. The molecule has 0 aromatic carbocycles. The van der Waals surface area contributed by atoms with Crippen LogP contribution in [0, 0.1) is 0 Å². The van der Waals surface area contributed by atoms with E-state index in [1.807, 2.05) is 16.8 Å². The Morgan fingerprint density at radius 3 is 2.71 bits per heavy atom. The van der Waals surface area contributed by atoms with Gasteiger partial charge in [0, 0.05) is 25.0 Å². The Hall–Kier alpha value is -1.02. The summed E-state index contributed by atoms with van der Waals surface area (Å²) < 4.78 is 13.2. The smallest absolute Gasteiger partial charge is 0.226 e. The van der Waals surface area contributed by atoms with Crippen molar-refractivity contribution in [1.29, 1.82) is 0 Å². The van der Waals surface area contributed by atoms with E-state index in [4.69, 9.17) is 21.1 Å². The lowest BCUT2D eigenvalue weighted by atomic mass is 10.3. The molecule has 6 nitrogen and oxygen atoms in total. The normalized spacial score (nSPS) is 16.8. The summed E-state index contributed by atoms with van der Waals surface area (Å²) in [6, 6.07) is 2.04. The van der Waals surface area contributed by atoms with E-state index in [1.54, 1.807) is 0 Å². The van der Waals surface area contributed by atoms with Crippen LogP contribution in [-0.2, 0) is 16.2 Å². The highest BCUT2D eigenvalue weighted by molar-refractivity contribution is 8.32. The third-order valence-corrected chi connectivity index (χ3v) is 5.51. The molecule has 24 heavy (non-hydrogen) atoms. The van der Waals surface area contributed by atoms with Crippen molar-refractivity contribution in [3.8, 4) is 0 Å². The maximum atomic E-state index is 6.16. The molecule has 3 heterocycles. The summed E-state index contributed by atoms with van der Waals surface area (Å²) in [6.07, 6.45) is 8.87. The molecule has 2 aromatic rings. The lowest BCUT2D eigenvalue weighted by molar-refractivity contribution is 0.0923. The van der Waals surface area contributed by atoms with Crippen LogP contribution in [0.25, 0.3) is 11.0 Å². The maximum absolute atomic E-state index is 6.16. The Morgan fingerprint density at radius 2 is 2.00 bits per heavy atom. The number of rotatable bonds is 6. The van der Waals surface area contributed by atoms with E-state index in [9.17, 15) is 0 Å². The first-order valence-electron chi connectivity index (χ1n) is 8.03. The zero-order chi connectivity index (χ0) is 17.2. The predicted molar refractivity (Wildman–Crippen MR) is 102 cm³/mol. The summed E-state index contributed by atoms with van der Waals surface area (Å²) in [5.41, 5.74) is 0.819. The zero-order valence-corrected chi connectivity index (χ0v) is 16.1. The molecule has 0 N–H and O–H groups in total. The quantitative estimate of drug-likeness (QED) is 0.576. The van der Waals surface area contributed by atoms with E-state index in [0.717, 1.165) is 42.3 Å². The molecule has 0 unspecified atom stereocenters. The number of aromatic nitrogens is 3. The van der Waals surface area contributed by atoms with Gasteiger partial charge in [-0.1, -0.05) is 0 Å². The molecule has 0 amide bonds. The van der Waals surface area contributed by atoms with E-state index in [2.05, 4.69) is 33.6 Å². The van der Waals surface area contributed by atoms with E-state index in [0.29, 0.717) is 19.9 Å². The Morgan fingerprint density at radius 1 is 1.25 bits per heavy atom. The standard InChI is InChI=1S/C16H25ClN4O2S/c1-24(2,3)11-10-23-12-21-5-4-13-14(18-16(17)19-15(13)21)20-6-8-22-9-7-20/h4-5H,6-12H2,1-3H3. The van der Waals surface area contributed by atoms with Gasteiger partial charge in [-0.2, -0.15) is 9.97 Å². The molecular weight excluding hydrogens is 348 g/mol. The van der Waals surface area contributed by atoms with Crippen LogP contribution in [0.3, 0.4) is 0 Å². The fraction of sp³-hybridized carbons (Fsp3) is 0.625. The highest BCUT2D eigenvalue weighted by Crippen LogP contribution is 2.33. The fourth-order valence-electron chi connectivity index (χ4n) is 2.62. The molecule has 0 radical (unpaired) electrons. The van der Waals surface area contributed by atoms with Gasteiger partial charge in [-0.3, -0.25) is 0 Å². The number of morpholine rings is 1. The number of ether oxygens (including phenoxy) is 2. The van der Waals surface area contributed by atoms with Crippen molar-refractivity contribution >= 4 is 38.5 Å². The number of anilines is 1. The van der Waals surface area contributed by atoms with Gasteiger partial charge in [0.2, 0.25) is 5.28 Å². The zero-order valence-electron chi connectivity index (χ0n) is 14.5. The van der Waals surface area contributed by atoms with Crippen molar-refractivity contribution in [3.63, 3.8) is 0 Å². The number of hydrogen-bond acceptors (Lipinski definition) is 5. The molecule has 0 spiro atoms. The minimum Gasteiger partial charge on any atom is -0.378 e. The number of nitrogens with zero attached hydrogens (tertiary/aromatic N) is 4. The van der Waals surface area contributed by atoms with E-state index >= 15 is 0 Å². The topological polar surface area (TPSA) is 52.4 Å². The SMILES string of the molecule is CS(C)(C)CCOCn1ccc2c(N3CCOCC3)nc(Cl)nc21. The highest BCUT2D eigenvalue weighted by Gasteiger charge is 2.19.